The summed E-state index contributed by atoms with van der Waals surface area (Å²) in [4.78, 5) is 12.3. The van der Waals surface area contributed by atoms with Crippen molar-refractivity contribution in [2.24, 2.45) is 0 Å². The van der Waals surface area contributed by atoms with Crippen molar-refractivity contribution in [2.75, 3.05) is 5.32 Å². The van der Waals surface area contributed by atoms with Crippen LogP contribution in [0.4, 0.5) is 11.6 Å². The van der Waals surface area contributed by atoms with Gasteiger partial charge in [0.15, 0.2) is 0 Å². The fraction of sp³-hybridized carbons (Fsp3) is 0. The van der Waals surface area contributed by atoms with Crippen LogP contribution in [0.25, 0.3) is 5.95 Å². The standard InChI is InChI=1S/C12H9ClN6/c13-10-16-11(15-9-5-2-1-3-6-9)18-12(17-10)19-8-4-7-14-19/h1-8H,(H,15,16,17,18). The summed E-state index contributed by atoms with van der Waals surface area (Å²) in [5.41, 5.74) is 0.871. The van der Waals surface area contributed by atoms with Gasteiger partial charge in [-0.2, -0.15) is 20.1 Å². The van der Waals surface area contributed by atoms with Crippen LogP contribution in [-0.4, -0.2) is 24.7 Å². The number of nitrogens with zero attached hydrogens (tertiary/aromatic N) is 5. The van der Waals surface area contributed by atoms with Gasteiger partial charge in [-0.15, -0.1) is 0 Å². The number of benzene rings is 1. The summed E-state index contributed by atoms with van der Waals surface area (Å²) in [5.74, 6) is 0.736. The summed E-state index contributed by atoms with van der Waals surface area (Å²) >= 11 is 5.89. The molecule has 0 saturated carbocycles. The molecule has 7 heteroatoms. The quantitative estimate of drug-likeness (QED) is 0.793. The van der Waals surface area contributed by atoms with E-state index >= 15 is 0 Å². The van der Waals surface area contributed by atoms with Gasteiger partial charge in [-0.3, -0.25) is 0 Å². The third kappa shape index (κ3) is 2.69. The van der Waals surface area contributed by atoms with Gasteiger partial charge in [-0.25, -0.2) is 4.68 Å². The van der Waals surface area contributed by atoms with Gasteiger partial charge in [0, 0.05) is 18.1 Å². The highest BCUT2D eigenvalue weighted by Gasteiger charge is 2.07. The highest BCUT2D eigenvalue weighted by molar-refractivity contribution is 6.28. The van der Waals surface area contributed by atoms with Crippen LogP contribution in [0.1, 0.15) is 0 Å². The molecule has 3 rings (SSSR count). The number of anilines is 2. The molecule has 19 heavy (non-hydrogen) atoms. The van der Waals surface area contributed by atoms with Gasteiger partial charge < -0.3 is 5.32 Å². The maximum absolute atomic E-state index is 5.89. The van der Waals surface area contributed by atoms with Gasteiger partial charge >= 0.3 is 0 Å². The van der Waals surface area contributed by atoms with Crippen molar-refractivity contribution in [1.82, 2.24) is 24.7 Å². The van der Waals surface area contributed by atoms with Crippen molar-refractivity contribution in [1.29, 1.82) is 0 Å². The predicted molar refractivity (Wildman–Crippen MR) is 71.7 cm³/mol. The Kier molecular flexibility index (Phi) is 3.07. The Bertz CT molecular complexity index is 668. The number of hydrogen-bond donors (Lipinski definition) is 1. The van der Waals surface area contributed by atoms with E-state index in [0.29, 0.717) is 11.9 Å². The van der Waals surface area contributed by atoms with E-state index in [2.05, 4.69) is 25.4 Å². The summed E-state index contributed by atoms with van der Waals surface area (Å²) in [5, 5.41) is 7.22. The summed E-state index contributed by atoms with van der Waals surface area (Å²) in [6.45, 7) is 0. The van der Waals surface area contributed by atoms with E-state index in [-0.39, 0.29) is 5.28 Å². The minimum Gasteiger partial charge on any atom is -0.324 e. The zero-order valence-corrected chi connectivity index (χ0v) is 10.5. The third-order valence-electron chi connectivity index (χ3n) is 2.34. The second-order valence-corrected chi connectivity index (χ2v) is 4.01. The van der Waals surface area contributed by atoms with Crippen molar-refractivity contribution >= 4 is 23.2 Å². The first-order chi connectivity index (χ1) is 9.31. The average molecular weight is 273 g/mol. The first kappa shape index (κ1) is 11.6. The SMILES string of the molecule is Clc1nc(Nc2ccccc2)nc(-n2cccn2)n1. The first-order valence-electron chi connectivity index (χ1n) is 5.55. The minimum absolute atomic E-state index is 0.110. The highest BCUT2D eigenvalue weighted by Crippen LogP contribution is 2.14. The van der Waals surface area contributed by atoms with Crippen molar-refractivity contribution < 1.29 is 0 Å². The molecule has 2 heterocycles. The molecule has 0 aliphatic rings. The van der Waals surface area contributed by atoms with Crippen LogP contribution in [0, 0.1) is 0 Å². The Balaban J connectivity index is 1.94. The molecule has 1 N–H and O–H groups in total. The fourth-order valence-corrected chi connectivity index (χ4v) is 1.69. The van der Waals surface area contributed by atoms with Crippen molar-refractivity contribution in [3.8, 4) is 5.95 Å². The lowest BCUT2D eigenvalue weighted by atomic mass is 10.3. The molecule has 0 aliphatic heterocycles. The Morgan fingerprint density at radius 2 is 1.84 bits per heavy atom. The second kappa shape index (κ2) is 5.03. The Hall–Kier alpha value is -2.47. The Morgan fingerprint density at radius 3 is 2.58 bits per heavy atom. The van der Waals surface area contributed by atoms with Crippen LogP contribution in [0.5, 0.6) is 0 Å². The normalized spacial score (nSPS) is 10.4. The maximum atomic E-state index is 5.89. The molecule has 0 saturated heterocycles. The summed E-state index contributed by atoms with van der Waals surface area (Å²) in [6.07, 6.45) is 3.37. The number of para-hydroxylation sites is 1. The largest absolute Gasteiger partial charge is 0.324 e. The number of nitrogens with one attached hydrogen (secondary N) is 1. The van der Waals surface area contributed by atoms with Gasteiger partial charge in [0.05, 0.1) is 0 Å². The van der Waals surface area contributed by atoms with Crippen molar-refractivity contribution in [2.45, 2.75) is 0 Å². The van der Waals surface area contributed by atoms with Gasteiger partial charge in [0.25, 0.3) is 5.95 Å². The zero-order chi connectivity index (χ0) is 13.1. The van der Waals surface area contributed by atoms with Gasteiger partial charge in [0.2, 0.25) is 11.2 Å². The van der Waals surface area contributed by atoms with Crippen LogP contribution < -0.4 is 5.32 Å². The third-order valence-corrected chi connectivity index (χ3v) is 2.50. The second-order valence-electron chi connectivity index (χ2n) is 3.67. The molecule has 1 aromatic carbocycles. The maximum Gasteiger partial charge on any atom is 0.256 e. The Morgan fingerprint density at radius 1 is 1.00 bits per heavy atom. The first-order valence-corrected chi connectivity index (χ1v) is 5.93. The molecule has 0 atom stereocenters. The molecule has 3 aromatic rings. The predicted octanol–water partition coefficient (Wildman–Crippen LogP) is 2.45. The molecule has 0 amide bonds. The van der Waals surface area contributed by atoms with E-state index < -0.39 is 0 Å². The van der Waals surface area contributed by atoms with Crippen LogP contribution in [0.2, 0.25) is 5.28 Å². The number of halogens is 1. The number of hydrogen-bond acceptors (Lipinski definition) is 5. The molecule has 94 valence electrons. The molecule has 0 unspecified atom stereocenters. The van der Waals surface area contributed by atoms with Crippen LogP contribution in [0.3, 0.4) is 0 Å². The molecule has 0 aliphatic carbocycles. The summed E-state index contributed by atoms with van der Waals surface area (Å²) in [7, 11) is 0. The smallest absolute Gasteiger partial charge is 0.256 e. The van der Waals surface area contributed by atoms with E-state index in [1.54, 1.807) is 18.5 Å². The average Bonchev–Trinajstić information content (AvgIpc) is 2.93. The van der Waals surface area contributed by atoms with Gasteiger partial charge in [0.1, 0.15) is 0 Å². The van der Waals surface area contributed by atoms with Crippen molar-refractivity contribution in [3.63, 3.8) is 0 Å². The summed E-state index contributed by atoms with van der Waals surface area (Å²) < 4.78 is 1.52. The van der Waals surface area contributed by atoms with Crippen LogP contribution >= 0.6 is 11.6 Å². The molecule has 0 spiro atoms. The molecule has 0 bridgehead atoms. The molecule has 6 nitrogen and oxygen atoms in total. The molecule has 2 aromatic heterocycles. The van der Waals surface area contributed by atoms with E-state index in [4.69, 9.17) is 11.6 Å². The van der Waals surface area contributed by atoms with Crippen LogP contribution in [-0.2, 0) is 0 Å². The molecule has 0 radical (unpaired) electrons. The van der Waals surface area contributed by atoms with Crippen LogP contribution in [0.15, 0.2) is 48.8 Å². The lowest BCUT2D eigenvalue weighted by Gasteiger charge is -2.06. The van der Waals surface area contributed by atoms with E-state index in [0.717, 1.165) is 5.69 Å². The monoisotopic (exact) mass is 272 g/mol. The lowest BCUT2D eigenvalue weighted by molar-refractivity contribution is 0.798. The lowest BCUT2D eigenvalue weighted by Crippen LogP contribution is -2.06. The molecular weight excluding hydrogens is 264 g/mol. The number of rotatable bonds is 3. The van der Waals surface area contributed by atoms with Gasteiger partial charge in [-0.05, 0) is 29.8 Å². The molecular formula is C12H9ClN6. The van der Waals surface area contributed by atoms with Crippen molar-refractivity contribution in [3.05, 3.63) is 54.1 Å². The zero-order valence-electron chi connectivity index (χ0n) is 9.73. The topological polar surface area (TPSA) is 68.5 Å². The highest BCUT2D eigenvalue weighted by atomic mass is 35.5. The van der Waals surface area contributed by atoms with E-state index in [9.17, 15) is 0 Å². The van der Waals surface area contributed by atoms with E-state index in [1.807, 2.05) is 30.3 Å². The van der Waals surface area contributed by atoms with E-state index in [1.165, 1.54) is 4.68 Å². The summed E-state index contributed by atoms with van der Waals surface area (Å²) in [6, 6.07) is 11.4. The Labute approximate surface area is 114 Å². The fourth-order valence-electron chi connectivity index (χ4n) is 1.54. The molecule has 0 fully saturated rings. The minimum atomic E-state index is 0.110. The van der Waals surface area contributed by atoms with Gasteiger partial charge in [-0.1, -0.05) is 18.2 Å². The number of aromatic nitrogens is 5.